The number of hydrogen-bond donors (Lipinski definition) is 2. The Hall–Kier alpha value is -2.78. The van der Waals surface area contributed by atoms with Crippen molar-refractivity contribution in [1.82, 2.24) is 20.1 Å². The molecule has 2 fully saturated rings. The molecule has 3 amide bonds. The zero-order valence-corrected chi connectivity index (χ0v) is 21.2. The maximum absolute atomic E-state index is 12.8. The Balaban J connectivity index is 1.19. The number of likely N-dealkylation sites (tertiary alicyclic amines) is 1. The van der Waals surface area contributed by atoms with Crippen molar-refractivity contribution in [1.29, 1.82) is 0 Å². The largest absolute Gasteiger partial charge is 0.356 e. The fourth-order valence-corrected chi connectivity index (χ4v) is 5.21. The quantitative estimate of drug-likeness (QED) is 0.465. The minimum absolute atomic E-state index is 0.0105. The molecule has 9 heteroatoms. The summed E-state index contributed by atoms with van der Waals surface area (Å²) in [7, 11) is 0. The highest BCUT2D eigenvalue weighted by Gasteiger charge is 2.34. The van der Waals surface area contributed by atoms with Crippen LogP contribution in [0, 0.1) is 0 Å². The number of thiazole rings is 1. The first kappa shape index (κ1) is 25.3. The molecule has 1 aromatic heterocycles. The van der Waals surface area contributed by atoms with E-state index in [2.05, 4.69) is 27.4 Å². The number of nitrogens with one attached hydrogen (secondary N) is 2. The second-order valence-corrected chi connectivity index (χ2v) is 10.3. The molecule has 2 aliphatic rings. The molecule has 0 radical (unpaired) electrons. The van der Waals surface area contributed by atoms with Crippen LogP contribution >= 0.6 is 11.3 Å². The van der Waals surface area contributed by atoms with E-state index >= 15 is 0 Å². The smallest absolute Gasteiger partial charge is 0.254 e. The SMILES string of the molecule is CC1CCCCN1CCCNC(=O)Cc1csc(NC(=O)CN(C(=O)c2ccccc2)C2CC2)n1. The van der Waals surface area contributed by atoms with Gasteiger partial charge >= 0.3 is 0 Å². The van der Waals surface area contributed by atoms with E-state index in [1.807, 2.05) is 18.2 Å². The highest BCUT2D eigenvalue weighted by atomic mass is 32.1. The number of aromatic nitrogens is 1. The van der Waals surface area contributed by atoms with Crippen LogP contribution in [-0.4, -0.2) is 70.8 Å². The van der Waals surface area contributed by atoms with E-state index in [-0.39, 0.29) is 36.7 Å². The number of amides is 3. The lowest BCUT2D eigenvalue weighted by molar-refractivity contribution is -0.120. The average Bonchev–Trinajstić information content (AvgIpc) is 3.61. The molecule has 35 heavy (non-hydrogen) atoms. The molecule has 2 N–H and O–H groups in total. The number of carbonyl (C=O) groups is 3. The van der Waals surface area contributed by atoms with Crippen molar-refractivity contribution in [3.05, 3.63) is 47.0 Å². The summed E-state index contributed by atoms with van der Waals surface area (Å²) in [6.07, 6.45) is 6.80. The first-order valence-electron chi connectivity index (χ1n) is 12.6. The average molecular weight is 498 g/mol. The third-order valence-corrected chi connectivity index (χ3v) is 7.41. The summed E-state index contributed by atoms with van der Waals surface area (Å²) in [6.45, 7) is 5.09. The Kier molecular flexibility index (Phi) is 8.87. The van der Waals surface area contributed by atoms with Gasteiger partial charge in [-0.25, -0.2) is 4.98 Å². The van der Waals surface area contributed by atoms with E-state index in [9.17, 15) is 14.4 Å². The summed E-state index contributed by atoms with van der Waals surface area (Å²) in [5.41, 5.74) is 1.21. The molecule has 188 valence electrons. The Morgan fingerprint density at radius 1 is 1.11 bits per heavy atom. The summed E-state index contributed by atoms with van der Waals surface area (Å²) in [5, 5.41) is 8.00. The summed E-state index contributed by atoms with van der Waals surface area (Å²) >= 11 is 1.29. The molecule has 8 nitrogen and oxygen atoms in total. The van der Waals surface area contributed by atoms with Crippen LogP contribution in [0.3, 0.4) is 0 Å². The highest BCUT2D eigenvalue weighted by molar-refractivity contribution is 7.13. The lowest BCUT2D eigenvalue weighted by Crippen LogP contribution is -2.39. The van der Waals surface area contributed by atoms with Gasteiger partial charge in [-0.15, -0.1) is 11.3 Å². The van der Waals surface area contributed by atoms with Crippen molar-refractivity contribution in [2.45, 2.75) is 64.0 Å². The van der Waals surface area contributed by atoms with Gasteiger partial charge < -0.3 is 20.4 Å². The van der Waals surface area contributed by atoms with Gasteiger partial charge in [0.15, 0.2) is 5.13 Å². The van der Waals surface area contributed by atoms with Crippen LogP contribution in [0.5, 0.6) is 0 Å². The molecule has 1 saturated carbocycles. The fourth-order valence-electron chi connectivity index (χ4n) is 4.49. The third-order valence-electron chi connectivity index (χ3n) is 6.61. The molecule has 1 aromatic carbocycles. The lowest BCUT2D eigenvalue weighted by Gasteiger charge is -2.33. The highest BCUT2D eigenvalue weighted by Crippen LogP contribution is 2.28. The molecule has 1 aliphatic heterocycles. The van der Waals surface area contributed by atoms with Gasteiger partial charge in [0, 0.05) is 36.1 Å². The van der Waals surface area contributed by atoms with E-state index in [0.29, 0.717) is 29.0 Å². The van der Waals surface area contributed by atoms with Crippen molar-refractivity contribution >= 4 is 34.2 Å². The maximum Gasteiger partial charge on any atom is 0.254 e. The van der Waals surface area contributed by atoms with Gasteiger partial charge in [-0.1, -0.05) is 24.6 Å². The van der Waals surface area contributed by atoms with Crippen LogP contribution in [0.2, 0.25) is 0 Å². The van der Waals surface area contributed by atoms with E-state index in [1.54, 1.807) is 22.4 Å². The number of anilines is 1. The van der Waals surface area contributed by atoms with Crippen LogP contribution in [0.15, 0.2) is 35.7 Å². The number of nitrogens with zero attached hydrogens (tertiary/aromatic N) is 3. The second kappa shape index (κ2) is 12.3. The van der Waals surface area contributed by atoms with Crippen molar-refractivity contribution < 1.29 is 14.4 Å². The number of carbonyl (C=O) groups excluding carboxylic acids is 3. The molecule has 1 saturated heterocycles. The number of rotatable bonds is 11. The van der Waals surface area contributed by atoms with Gasteiger partial charge in [0.1, 0.15) is 6.54 Å². The van der Waals surface area contributed by atoms with E-state index in [0.717, 1.165) is 32.4 Å². The molecular weight excluding hydrogens is 462 g/mol. The van der Waals surface area contributed by atoms with Crippen LogP contribution in [0.1, 0.15) is 61.5 Å². The molecule has 1 aliphatic carbocycles. The maximum atomic E-state index is 12.8. The zero-order chi connectivity index (χ0) is 24.6. The molecular formula is C26H35N5O3S. The summed E-state index contributed by atoms with van der Waals surface area (Å²) in [4.78, 5) is 46.3. The van der Waals surface area contributed by atoms with E-state index < -0.39 is 0 Å². The van der Waals surface area contributed by atoms with Crippen LogP contribution in [0.4, 0.5) is 5.13 Å². The second-order valence-electron chi connectivity index (χ2n) is 9.48. The van der Waals surface area contributed by atoms with Gasteiger partial charge in [-0.2, -0.15) is 0 Å². The van der Waals surface area contributed by atoms with Crippen molar-refractivity contribution in [2.24, 2.45) is 0 Å². The third kappa shape index (κ3) is 7.60. The normalized spacial score (nSPS) is 18.1. The van der Waals surface area contributed by atoms with Gasteiger partial charge in [0.05, 0.1) is 12.1 Å². The van der Waals surface area contributed by atoms with Crippen LogP contribution in [-0.2, 0) is 16.0 Å². The minimum atomic E-state index is -0.279. The molecule has 2 heterocycles. The van der Waals surface area contributed by atoms with Crippen LogP contribution in [0.25, 0.3) is 0 Å². The zero-order valence-electron chi connectivity index (χ0n) is 20.4. The predicted molar refractivity (Wildman–Crippen MR) is 137 cm³/mol. The van der Waals surface area contributed by atoms with E-state index in [1.165, 1.54) is 30.6 Å². The monoisotopic (exact) mass is 497 g/mol. The minimum Gasteiger partial charge on any atom is -0.356 e. The topological polar surface area (TPSA) is 94.6 Å². The fraction of sp³-hybridized carbons (Fsp3) is 0.538. The van der Waals surface area contributed by atoms with Crippen LogP contribution < -0.4 is 10.6 Å². The summed E-state index contributed by atoms with van der Waals surface area (Å²) < 4.78 is 0. The van der Waals surface area contributed by atoms with Gasteiger partial charge in [-0.05, 0) is 57.7 Å². The Bertz CT molecular complexity index is 1010. The molecule has 0 spiro atoms. The van der Waals surface area contributed by atoms with Crippen molar-refractivity contribution in [2.75, 3.05) is 31.5 Å². The Labute approximate surface area is 211 Å². The number of piperidine rings is 1. The molecule has 1 unspecified atom stereocenters. The standard InChI is InChI=1S/C26H35N5O3S/c1-19-8-5-6-14-30(19)15-7-13-27-23(32)16-21-18-35-26(28-21)29-24(33)17-31(22-11-12-22)25(34)20-9-3-2-4-10-20/h2-4,9-10,18-19,22H,5-8,11-17H2,1H3,(H,27,32)(H,28,29,33). The van der Waals surface area contributed by atoms with E-state index in [4.69, 9.17) is 0 Å². The molecule has 1 atom stereocenters. The molecule has 4 rings (SSSR count). The first-order chi connectivity index (χ1) is 17.0. The number of hydrogen-bond acceptors (Lipinski definition) is 6. The Morgan fingerprint density at radius 3 is 2.66 bits per heavy atom. The summed E-state index contributed by atoms with van der Waals surface area (Å²) in [6, 6.07) is 9.78. The van der Waals surface area contributed by atoms with Crippen molar-refractivity contribution in [3.8, 4) is 0 Å². The van der Waals surface area contributed by atoms with Crippen molar-refractivity contribution in [3.63, 3.8) is 0 Å². The number of benzene rings is 1. The van der Waals surface area contributed by atoms with Gasteiger partial charge in [-0.3, -0.25) is 14.4 Å². The summed E-state index contributed by atoms with van der Waals surface area (Å²) in [5.74, 6) is -0.471. The molecule has 2 aromatic rings. The molecule has 0 bridgehead atoms. The van der Waals surface area contributed by atoms with Gasteiger partial charge in [0.25, 0.3) is 5.91 Å². The lowest BCUT2D eigenvalue weighted by atomic mass is 10.0. The predicted octanol–water partition coefficient (Wildman–Crippen LogP) is 3.31. The first-order valence-corrected chi connectivity index (χ1v) is 13.5. The Morgan fingerprint density at radius 2 is 1.91 bits per heavy atom. The van der Waals surface area contributed by atoms with Gasteiger partial charge in [0.2, 0.25) is 11.8 Å².